The van der Waals surface area contributed by atoms with Gasteiger partial charge in [-0.25, -0.2) is 0 Å². The third-order valence-electron chi connectivity index (χ3n) is 3.98. The van der Waals surface area contributed by atoms with E-state index in [1.54, 1.807) is 18.9 Å². The van der Waals surface area contributed by atoms with Crippen LogP contribution in [0.5, 0.6) is 5.75 Å². The molecule has 0 aliphatic carbocycles. The van der Waals surface area contributed by atoms with Crippen LogP contribution in [0.3, 0.4) is 0 Å². The van der Waals surface area contributed by atoms with Crippen molar-refractivity contribution in [3.63, 3.8) is 0 Å². The smallest absolute Gasteiger partial charge is 0.242 e. The molecule has 0 radical (unpaired) electrons. The zero-order chi connectivity index (χ0) is 17.4. The molecule has 2 amide bonds. The van der Waals surface area contributed by atoms with E-state index in [0.717, 1.165) is 17.7 Å². The fourth-order valence-electron chi connectivity index (χ4n) is 2.18. The number of hydrogen-bond donors (Lipinski definition) is 1. The highest BCUT2D eigenvalue weighted by Gasteiger charge is 2.25. The summed E-state index contributed by atoms with van der Waals surface area (Å²) in [6, 6.07) is 7.13. The maximum absolute atomic E-state index is 12.3. The maximum Gasteiger partial charge on any atom is 0.242 e. The Bertz CT molecular complexity index is 514. The highest BCUT2D eigenvalue weighted by atomic mass is 16.5. The standard InChI is InChI=1S/C18H28N2O3/c1-6-13(3)19-18(22)14(4)20(17(21)7-2)12-15-8-10-16(23-5)11-9-15/h8-11,13-14H,6-7,12H2,1-5H3,(H,19,22). The van der Waals surface area contributed by atoms with Crippen LogP contribution in [0.2, 0.25) is 0 Å². The number of amides is 2. The topological polar surface area (TPSA) is 58.6 Å². The van der Waals surface area contributed by atoms with E-state index in [2.05, 4.69) is 5.32 Å². The fourth-order valence-corrected chi connectivity index (χ4v) is 2.18. The number of rotatable bonds is 8. The summed E-state index contributed by atoms with van der Waals surface area (Å²) >= 11 is 0. The molecule has 1 aromatic rings. The van der Waals surface area contributed by atoms with Crippen LogP contribution in [0.25, 0.3) is 0 Å². The van der Waals surface area contributed by atoms with E-state index < -0.39 is 6.04 Å². The lowest BCUT2D eigenvalue weighted by molar-refractivity contribution is -0.140. The number of methoxy groups -OCH3 is 1. The van der Waals surface area contributed by atoms with Gasteiger partial charge in [0.1, 0.15) is 11.8 Å². The number of hydrogen-bond acceptors (Lipinski definition) is 3. The second kappa shape index (κ2) is 9.18. The van der Waals surface area contributed by atoms with Crippen molar-refractivity contribution in [2.75, 3.05) is 7.11 Å². The first-order valence-corrected chi connectivity index (χ1v) is 8.15. The van der Waals surface area contributed by atoms with Gasteiger partial charge < -0.3 is 15.0 Å². The lowest BCUT2D eigenvalue weighted by Gasteiger charge is -2.29. The number of benzene rings is 1. The van der Waals surface area contributed by atoms with E-state index in [-0.39, 0.29) is 17.9 Å². The molecule has 0 heterocycles. The Morgan fingerprint density at radius 1 is 1.17 bits per heavy atom. The molecular formula is C18H28N2O3. The Morgan fingerprint density at radius 2 is 1.78 bits per heavy atom. The molecule has 1 N–H and O–H groups in total. The SMILES string of the molecule is CCC(=O)N(Cc1ccc(OC)cc1)C(C)C(=O)NC(C)CC. The molecule has 5 nitrogen and oxygen atoms in total. The van der Waals surface area contributed by atoms with E-state index in [1.807, 2.05) is 45.0 Å². The van der Waals surface area contributed by atoms with Crippen molar-refractivity contribution in [3.8, 4) is 5.75 Å². The number of carbonyl (C=O) groups is 2. The molecule has 0 bridgehead atoms. The largest absolute Gasteiger partial charge is 0.497 e. The molecule has 1 rings (SSSR count). The number of nitrogens with one attached hydrogen (secondary N) is 1. The van der Waals surface area contributed by atoms with Crippen LogP contribution in [-0.2, 0) is 16.1 Å². The molecule has 0 aromatic heterocycles. The van der Waals surface area contributed by atoms with Crippen molar-refractivity contribution >= 4 is 11.8 Å². The highest BCUT2D eigenvalue weighted by Crippen LogP contribution is 2.15. The van der Waals surface area contributed by atoms with Gasteiger partial charge in [-0.05, 0) is 38.0 Å². The molecule has 0 saturated carbocycles. The lowest BCUT2D eigenvalue weighted by Crippen LogP contribution is -2.49. The zero-order valence-electron chi connectivity index (χ0n) is 14.8. The number of nitrogens with zero attached hydrogens (tertiary/aromatic N) is 1. The van der Waals surface area contributed by atoms with E-state index in [0.29, 0.717) is 13.0 Å². The molecule has 5 heteroatoms. The van der Waals surface area contributed by atoms with Gasteiger partial charge in [-0.3, -0.25) is 9.59 Å². The minimum atomic E-state index is -0.501. The van der Waals surface area contributed by atoms with Crippen LogP contribution < -0.4 is 10.1 Å². The van der Waals surface area contributed by atoms with E-state index in [9.17, 15) is 9.59 Å². The highest BCUT2D eigenvalue weighted by molar-refractivity contribution is 5.87. The van der Waals surface area contributed by atoms with Crippen molar-refractivity contribution in [2.24, 2.45) is 0 Å². The lowest BCUT2D eigenvalue weighted by atomic mass is 10.1. The first-order valence-electron chi connectivity index (χ1n) is 8.15. The molecule has 2 unspecified atom stereocenters. The summed E-state index contributed by atoms with van der Waals surface area (Å²) in [5, 5.41) is 2.94. The predicted octanol–water partition coefficient (Wildman–Crippen LogP) is 2.74. The molecule has 0 aliphatic heterocycles. The zero-order valence-corrected chi connectivity index (χ0v) is 14.8. The van der Waals surface area contributed by atoms with Gasteiger partial charge in [0, 0.05) is 19.0 Å². The van der Waals surface area contributed by atoms with Crippen molar-refractivity contribution in [1.82, 2.24) is 10.2 Å². The van der Waals surface area contributed by atoms with Gasteiger partial charge in [-0.2, -0.15) is 0 Å². The van der Waals surface area contributed by atoms with Crippen LogP contribution >= 0.6 is 0 Å². The van der Waals surface area contributed by atoms with Crippen LogP contribution in [0, 0.1) is 0 Å². The summed E-state index contributed by atoms with van der Waals surface area (Å²) < 4.78 is 5.14. The normalized spacial score (nSPS) is 13.1. The molecule has 0 saturated heterocycles. The van der Waals surface area contributed by atoms with Gasteiger partial charge in [0.05, 0.1) is 7.11 Å². The second-order valence-corrected chi connectivity index (χ2v) is 5.72. The minimum Gasteiger partial charge on any atom is -0.497 e. The van der Waals surface area contributed by atoms with Crippen LogP contribution in [0.15, 0.2) is 24.3 Å². The molecule has 1 aromatic carbocycles. The van der Waals surface area contributed by atoms with Gasteiger partial charge in [0.15, 0.2) is 0 Å². The third-order valence-corrected chi connectivity index (χ3v) is 3.98. The van der Waals surface area contributed by atoms with E-state index in [4.69, 9.17) is 4.74 Å². The molecule has 0 aliphatic rings. The monoisotopic (exact) mass is 320 g/mol. The number of carbonyl (C=O) groups excluding carboxylic acids is 2. The average Bonchev–Trinajstić information content (AvgIpc) is 2.58. The van der Waals surface area contributed by atoms with Gasteiger partial charge in [-0.1, -0.05) is 26.0 Å². The Hall–Kier alpha value is -2.04. The molecule has 23 heavy (non-hydrogen) atoms. The van der Waals surface area contributed by atoms with Crippen LogP contribution in [0.1, 0.15) is 46.1 Å². The van der Waals surface area contributed by atoms with Crippen molar-refractivity contribution < 1.29 is 14.3 Å². The van der Waals surface area contributed by atoms with Crippen LogP contribution in [-0.4, -0.2) is 35.9 Å². The second-order valence-electron chi connectivity index (χ2n) is 5.72. The minimum absolute atomic E-state index is 0.0346. The van der Waals surface area contributed by atoms with Crippen molar-refractivity contribution in [1.29, 1.82) is 0 Å². The summed E-state index contributed by atoms with van der Waals surface area (Å²) in [5.74, 6) is 0.618. The van der Waals surface area contributed by atoms with Crippen molar-refractivity contribution in [3.05, 3.63) is 29.8 Å². The van der Waals surface area contributed by atoms with Gasteiger partial charge in [0.25, 0.3) is 0 Å². The van der Waals surface area contributed by atoms with Gasteiger partial charge in [0.2, 0.25) is 11.8 Å². The van der Waals surface area contributed by atoms with Crippen molar-refractivity contribution in [2.45, 2.75) is 59.2 Å². The molecule has 2 atom stereocenters. The molecule has 128 valence electrons. The van der Waals surface area contributed by atoms with E-state index >= 15 is 0 Å². The maximum atomic E-state index is 12.3. The summed E-state index contributed by atoms with van der Waals surface area (Å²) in [4.78, 5) is 26.2. The summed E-state index contributed by atoms with van der Waals surface area (Å²) in [6.45, 7) is 7.96. The molecule has 0 fully saturated rings. The summed E-state index contributed by atoms with van der Waals surface area (Å²) in [7, 11) is 1.61. The third kappa shape index (κ3) is 5.58. The predicted molar refractivity (Wildman–Crippen MR) is 91.2 cm³/mol. The van der Waals surface area contributed by atoms with E-state index in [1.165, 1.54) is 0 Å². The number of ether oxygens (including phenoxy) is 1. The molecular weight excluding hydrogens is 292 g/mol. The first kappa shape index (κ1) is 19.0. The average molecular weight is 320 g/mol. The van der Waals surface area contributed by atoms with Gasteiger partial charge in [-0.15, -0.1) is 0 Å². The summed E-state index contributed by atoms with van der Waals surface area (Å²) in [6.07, 6.45) is 1.23. The molecule has 0 spiro atoms. The Balaban J connectivity index is 2.86. The van der Waals surface area contributed by atoms with Crippen LogP contribution in [0.4, 0.5) is 0 Å². The first-order chi connectivity index (χ1) is 10.9. The Kier molecular flexibility index (Phi) is 7.59. The quantitative estimate of drug-likeness (QED) is 0.801. The van der Waals surface area contributed by atoms with Gasteiger partial charge >= 0.3 is 0 Å². The Labute approximate surface area is 139 Å². The fraction of sp³-hybridized carbons (Fsp3) is 0.556. The Morgan fingerprint density at radius 3 is 2.26 bits per heavy atom. The summed E-state index contributed by atoms with van der Waals surface area (Å²) in [5.41, 5.74) is 0.968.